The summed E-state index contributed by atoms with van der Waals surface area (Å²) in [4.78, 5) is 5.33. The molecule has 0 spiro atoms. The molecule has 0 saturated heterocycles. The summed E-state index contributed by atoms with van der Waals surface area (Å²) >= 11 is 0. The van der Waals surface area contributed by atoms with Gasteiger partial charge in [0, 0.05) is 45.0 Å². The van der Waals surface area contributed by atoms with E-state index in [4.69, 9.17) is 0 Å². The predicted molar refractivity (Wildman–Crippen MR) is 307 cm³/mol. The zero-order valence-corrected chi connectivity index (χ0v) is 44.6. The molecule has 71 heavy (non-hydrogen) atoms. The molecular weight excluding hydrogens is 856 g/mol. The number of rotatable bonds is 6. The summed E-state index contributed by atoms with van der Waals surface area (Å²) in [6.45, 7) is 31.0. The summed E-state index contributed by atoms with van der Waals surface area (Å²) < 4.78 is 0. The van der Waals surface area contributed by atoms with Crippen LogP contribution in [0, 0.1) is 6.92 Å². The van der Waals surface area contributed by atoms with E-state index < -0.39 is 0 Å². The molecule has 0 bridgehead atoms. The van der Waals surface area contributed by atoms with Crippen LogP contribution < -0.4 is 26.2 Å². The van der Waals surface area contributed by atoms with Gasteiger partial charge in [0.15, 0.2) is 0 Å². The average molecular weight is 927 g/mol. The lowest BCUT2D eigenvalue weighted by atomic mass is 9.33. The second-order valence-electron chi connectivity index (χ2n) is 25.0. The third-order valence-electron chi connectivity index (χ3n) is 16.8. The number of benzene rings is 8. The molecule has 0 unspecified atom stereocenters. The van der Waals surface area contributed by atoms with Crippen molar-refractivity contribution in [1.29, 1.82) is 0 Å². The molecule has 356 valence electrons. The van der Waals surface area contributed by atoms with Gasteiger partial charge >= 0.3 is 0 Å². The molecule has 0 saturated carbocycles. The molecule has 3 heteroatoms. The normalized spacial score (nSPS) is 15.7. The molecule has 1 aliphatic carbocycles. The molecule has 8 aromatic carbocycles. The molecule has 2 aliphatic heterocycles. The zero-order chi connectivity index (χ0) is 50.0. The first kappa shape index (κ1) is 46.8. The van der Waals surface area contributed by atoms with Gasteiger partial charge in [-0.2, -0.15) is 0 Å². The van der Waals surface area contributed by atoms with Crippen LogP contribution in [0.2, 0.25) is 0 Å². The molecule has 0 radical (unpaired) electrons. The Morgan fingerprint density at radius 3 is 1.44 bits per heavy atom. The maximum atomic E-state index is 2.73. The van der Waals surface area contributed by atoms with Crippen LogP contribution in [0.5, 0.6) is 0 Å². The van der Waals surface area contributed by atoms with Crippen molar-refractivity contribution < 1.29 is 0 Å². The van der Waals surface area contributed by atoms with E-state index in [0.717, 1.165) is 12.8 Å². The highest BCUT2D eigenvalue weighted by Crippen LogP contribution is 2.54. The van der Waals surface area contributed by atoms with E-state index in [-0.39, 0.29) is 33.8 Å². The largest absolute Gasteiger partial charge is 0.311 e. The molecule has 2 heterocycles. The lowest BCUT2D eigenvalue weighted by Crippen LogP contribution is -2.62. The van der Waals surface area contributed by atoms with Crippen molar-refractivity contribution in [3.8, 4) is 22.3 Å². The van der Waals surface area contributed by atoms with Gasteiger partial charge in [-0.1, -0.05) is 204 Å². The van der Waals surface area contributed by atoms with Crippen LogP contribution >= 0.6 is 0 Å². The van der Waals surface area contributed by atoms with Crippen molar-refractivity contribution in [2.45, 2.75) is 130 Å². The van der Waals surface area contributed by atoms with Gasteiger partial charge < -0.3 is 9.80 Å². The molecule has 0 atom stereocenters. The minimum atomic E-state index is -0.235. The van der Waals surface area contributed by atoms with Crippen LogP contribution in [-0.4, -0.2) is 6.71 Å². The molecular formula is C68H71BN2. The zero-order valence-electron chi connectivity index (χ0n) is 44.6. The topological polar surface area (TPSA) is 6.48 Å². The van der Waals surface area contributed by atoms with Gasteiger partial charge in [0.05, 0.1) is 5.69 Å². The van der Waals surface area contributed by atoms with E-state index in [1.807, 2.05) is 0 Å². The third kappa shape index (κ3) is 7.78. The van der Waals surface area contributed by atoms with Gasteiger partial charge in [0.25, 0.3) is 6.71 Å². The number of hydrogen-bond acceptors (Lipinski definition) is 2. The fraction of sp³-hybridized carbons (Fsp3) is 0.294. The van der Waals surface area contributed by atoms with E-state index in [1.165, 1.54) is 112 Å². The van der Waals surface area contributed by atoms with E-state index in [0.29, 0.717) is 0 Å². The SMILES string of the molecule is Cc1cc2c3c(c1)N(c1c(-c4ccccc4)cc(C(C)(C)C)cc1-c1ccccc1)c1cc4c(cc1B3c1cc(C(C)(C)c3ccccc3)ccc1N2c1ccc(C(C)(C)C)cc1)C(C)(C)CCC4(C)C. The number of hydrogen-bond donors (Lipinski definition) is 0. The van der Waals surface area contributed by atoms with Crippen molar-refractivity contribution in [2.75, 3.05) is 9.80 Å². The van der Waals surface area contributed by atoms with Gasteiger partial charge in [-0.15, -0.1) is 0 Å². The van der Waals surface area contributed by atoms with Crippen LogP contribution in [-0.2, 0) is 27.1 Å². The van der Waals surface area contributed by atoms with Gasteiger partial charge in [-0.05, 0) is 156 Å². The molecule has 3 aliphatic rings. The molecule has 0 aromatic heterocycles. The summed E-state index contributed by atoms with van der Waals surface area (Å²) in [6, 6.07) is 65.7. The summed E-state index contributed by atoms with van der Waals surface area (Å²) in [7, 11) is 0. The van der Waals surface area contributed by atoms with Crippen LogP contribution in [0.4, 0.5) is 34.1 Å². The first-order valence-electron chi connectivity index (χ1n) is 26.2. The number of fused-ring (bicyclic) bond motifs is 5. The Morgan fingerprint density at radius 1 is 0.423 bits per heavy atom. The standard InChI is InChI=1S/C68H71BN2/c1-44-37-60-62-61(38-44)71(63-52(45-23-17-14-18-24-45)39-50(65(5,6)7)40-53(63)46-25-19-15-20-26-46)59-43-55-54(66(8,9)35-36-67(55,10)11)42-57(59)69(62)56-41-49(68(12,13)48-27-21-16-22-28-48)31-34-58(56)70(60)51-32-29-47(30-33-51)64(2,3)4/h14-34,37-43H,35-36H2,1-13H3. The molecule has 0 N–H and O–H groups in total. The average Bonchev–Trinajstić information content (AvgIpc) is 3.34. The summed E-state index contributed by atoms with van der Waals surface area (Å²) in [5.74, 6) is 0. The third-order valence-corrected chi connectivity index (χ3v) is 16.8. The first-order valence-corrected chi connectivity index (χ1v) is 26.2. The Morgan fingerprint density at radius 2 is 0.901 bits per heavy atom. The van der Waals surface area contributed by atoms with Crippen molar-refractivity contribution >= 4 is 57.2 Å². The Bertz CT molecular complexity index is 3290. The van der Waals surface area contributed by atoms with Crippen molar-refractivity contribution in [3.05, 3.63) is 209 Å². The van der Waals surface area contributed by atoms with E-state index in [1.54, 1.807) is 0 Å². The highest BCUT2D eigenvalue weighted by molar-refractivity contribution is 7.00. The number of nitrogens with zero attached hydrogens (tertiary/aromatic N) is 2. The van der Waals surface area contributed by atoms with Gasteiger partial charge in [0.2, 0.25) is 0 Å². The van der Waals surface area contributed by atoms with E-state index >= 15 is 0 Å². The van der Waals surface area contributed by atoms with Gasteiger partial charge in [-0.3, -0.25) is 0 Å². The quantitative estimate of drug-likeness (QED) is 0.153. The van der Waals surface area contributed by atoms with E-state index in [2.05, 4.69) is 270 Å². The Hall–Kier alpha value is -6.58. The van der Waals surface area contributed by atoms with Crippen molar-refractivity contribution in [2.24, 2.45) is 0 Å². The smallest absolute Gasteiger partial charge is 0.252 e. The Labute approximate surface area is 425 Å². The summed E-state index contributed by atoms with van der Waals surface area (Å²) in [6.07, 6.45) is 2.29. The summed E-state index contributed by atoms with van der Waals surface area (Å²) in [5.41, 5.74) is 25.6. The highest BCUT2D eigenvalue weighted by Gasteiger charge is 2.48. The second kappa shape index (κ2) is 16.5. The van der Waals surface area contributed by atoms with Crippen LogP contribution in [0.3, 0.4) is 0 Å². The van der Waals surface area contributed by atoms with Crippen LogP contribution in [0.15, 0.2) is 170 Å². The highest BCUT2D eigenvalue weighted by atomic mass is 15.2. The molecule has 8 aromatic rings. The van der Waals surface area contributed by atoms with E-state index in [9.17, 15) is 0 Å². The molecule has 11 rings (SSSR count). The minimum absolute atomic E-state index is 0.00241. The molecule has 0 amide bonds. The Kier molecular flexibility index (Phi) is 10.9. The predicted octanol–water partition coefficient (Wildman–Crippen LogP) is 16.7. The number of anilines is 6. The number of aryl methyl sites for hydroxylation is 1. The fourth-order valence-electron chi connectivity index (χ4n) is 12.2. The molecule has 2 nitrogen and oxygen atoms in total. The maximum Gasteiger partial charge on any atom is 0.252 e. The monoisotopic (exact) mass is 927 g/mol. The van der Waals surface area contributed by atoms with Crippen molar-refractivity contribution in [1.82, 2.24) is 0 Å². The van der Waals surface area contributed by atoms with Crippen LogP contribution in [0.25, 0.3) is 22.3 Å². The summed E-state index contributed by atoms with van der Waals surface area (Å²) in [5, 5.41) is 0. The first-order chi connectivity index (χ1) is 33.6. The fourth-order valence-corrected chi connectivity index (χ4v) is 12.2. The lowest BCUT2D eigenvalue weighted by Gasteiger charge is -2.48. The molecule has 0 fully saturated rings. The van der Waals surface area contributed by atoms with Gasteiger partial charge in [-0.25, -0.2) is 0 Å². The lowest BCUT2D eigenvalue weighted by molar-refractivity contribution is 0.332. The second-order valence-corrected chi connectivity index (χ2v) is 25.0. The van der Waals surface area contributed by atoms with Gasteiger partial charge in [0.1, 0.15) is 0 Å². The minimum Gasteiger partial charge on any atom is -0.311 e. The Balaban J connectivity index is 1.31. The van der Waals surface area contributed by atoms with Crippen molar-refractivity contribution in [3.63, 3.8) is 0 Å². The van der Waals surface area contributed by atoms with Crippen LogP contribution in [0.1, 0.15) is 135 Å². The maximum absolute atomic E-state index is 2.73.